The Kier molecular flexibility index (Phi) is 8.51. The van der Waals surface area contributed by atoms with Gasteiger partial charge in [0, 0.05) is 19.6 Å². The maximum atomic E-state index is 3.48. The van der Waals surface area contributed by atoms with Crippen molar-refractivity contribution in [2.45, 2.75) is 26.3 Å². The van der Waals surface area contributed by atoms with Crippen molar-refractivity contribution in [1.82, 2.24) is 15.1 Å². The molecule has 0 aliphatic heterocycles. The number of rotatable bonds is 10. The summed E-state index contributed by atoms with van der Waals surface area (Å²) in [7, 11) is 6.46. The summed E-state index contributed by atoms with van der Waals surface area (Å²) < 4.78 is 0. The molecule has 1 aromatic rings. The summed E-state index contributed by atoms with van der Waals surface area (Å²) in [6.07, 6.45) is 2.33. The third-order valence-electron chi connectivity index (χ3n) is 3.49. The van der Waals surface area contributed by atoms with Gasteiger partial charge in [-0.05, 0) is 58.2 Å². The lowest BCUT2D eigenvalue weighted by molar-refractivity contribution is 0.276. The van der Waals surface area contributed by atoms with Crippen molar-refractivity contribution in [1.29, 1.82) is 0 Å². The molecule has 0 spiro atoms. The van der Waals surface area contributed by atoms with E-state index in [-0.39, 0.29) is 0 Å². The molecule has 0 unspecified atom stereocenters. The van der Waals surface area contributed by atoms with Gasteiger partial charge in [0.05, 0.1) is 0 Å². The molecule has 0 atom stereocenters. The van der Waals surface area contributed by atoms with E-state index in [1.807, 2.05) is 0 Å². The van der Waals surface area contributed by atoms with Crippen LogP contribution >= 0.6 is 0 Å². The number of hydrogen-bond acceptors (Lipinski definition) is 3. The van der Waals surface area contributed by atoms with Gasteiger partial charge in [-0.1, -0.05) is 31.2 Å². The summed E-state index contributed by atoms with van der Waals surface area (Å²) in [6.45, 7) is 7.65. The third kappa shape index (κ3) is 7.04. The monoisotopic (exact) mass is 277 g/mol. The van der Waals surface area contributed by atoms with Gasteiger partial charge in [-0.3, -0.25) is 0 Å². The van der Waals surface area contributed by atoms with Crippen LogP contribution in [-0.2, 0) is 13.0 Å². The van der Waals surface area contributed by atoms with Gasteiger partial charge < -0.3 is 15.1 Å². The van der Waals surface area contributed by atoms with Crippen molar-refractivity contribution in [2.24, 2.45) is 0 Å². The van der Waals surface area contributed by atoms with Crippen molar-refractivity contribution in [2.75, 3.05) is 47.3 Å². The summed E-state index contributed by atoms with van der Waals surface area (Å²) in [5.74, 6) is 0. The van der Waals surface area contributed by atoms with E-state index in [0.717, 1.165) is 39.1 Å². The van der Waals surface area contributed by atoms with E-state index in [2.05, 4.69) is 67.4 Å². The Morgan fingerprint density at radius 3 is 2.30 bits per heavy atom. The second kappa shape index (κ2) is 9.92. The lowest BCUT2D eigenvalue weighted by Gasteiger charge is -2.21. The minimum absolute atomic E-state index is 1.04. The molecule has 114 valence electrons. The van der Waals surface area contributed by atoms with Gasteiger partial charge in [0.2, 0.25) is 0 Å². The van der Waals surface area contributed by atoms with E-state index in [0.29, 0.717) is 0 Å². The zero-order valence-corrected chi connectivity index (χ0v) is 13.7. The van der Waals surface area contributed by atoms with E-state index in [1.165, 1.54) is 17.5 Å². The third-order valence-corrected chi connectivity index (χ3v) is 3.49. The quantitative estimate of drug-likeness (QED) is 0.662. The molecule has 3 heteroatoms. The Balaban J connectivity index is 2.47. The molecule has 0 bridgehead atoms. The Morgan fingerprint density at radius 1 is 0.950 bits per heavy atom. The molecule has 1 rings (SSSR count). The van der Waals surface area contributed by atoms with Crippen LogP contribution in [0.2, 0.25) is 0 Å². The zero-order valence-electron chi connectivity index (χ0n) is 13.7. The predicted molar refractivity (Wildman–Crippen MR) is 88.2 cm³/mol. The van der Waals surface area contributed by atoms with Gasteiger partial charge in [0.25, 0.3) is 0 Å². The molecule has 0 heterocycles. The first kappa shape index (κ1) is 17.2. The molecule has 0 fully saturated rings. The fourth-order valence-electron chi connectivity index (χ4n) is 2.22. The molecule has 0 amide bonds. The summed E-state index contributed by atoms with van der Waals surface area (Å²) >= 11 is 0. The Morgan fingerprint density at radius 2 is 1.65 bits per heavy atom. The maximum absolute atomic E-state index is 3.48. The topological polar surface area (TPSA) is 18.5 Å². The van der Waals surface area contributed by atoms with Crippen LogP contribution in [0, 0.1) is 0 Å². The largest absolute Gasteiger partial charge is 0.316 e. The van der Waals surface area contributed by atoms with Gasteiger partial charge in [0.1, 0.15) is 0 Å². The Labute approximate surface area is 125 Å². The highest BCUT2D eigenvalue weighted by Crippen LogP contribution is 2.11. The normalized spacial score (nSPS) is 11.5. The van der Waals surface area contributed by atoms with Crippen LogP contribution in [0.15, 0.2) is 24.3 Å². The fraction of sp³-hybridized carbons (Fsp3) is 0.647. The number of nitrogens with zero attached hydrogens (tertiary/aromatic N) is 2. The highest BCUT2D eigenvalue weighted by atomic mass is 15.1. The Hall–Kier alpha value is -0.900. The van der Waals surface area contributed by atoms with Gasteiger partial charge >= 0.3 is 0 Å². The maximum Gasteiger partial charge on any atom is 0.0233 e. The van der Waals surface area contributed by atoms with Gasteiger partial charge in [0.15, 0.2) is 0 Å². The average Bonchev–Trinajstić information content (AvgIpc) is 2.43. The number of hydrogen-bond donors (Lipinski definition) is 1. The molecule has 0 radical (unpaired) electrons. The van der Waals surface area contributed by atoms with Crippen molar-refractivity contribution >= 4 is 0 Å². The predicted octanol–water partition coefficient (Wildman–Crippen LogP) is 2.22. The molecule has 3 nitrogen and oxygen atoms in total. The molecular formula is C17H31N3. The van der Waals surface area contributed by atoms with Crippen LogP contribution in [0.1, 0.15) is 24.5 Å². The SMILES string of the molecule is CCCNCCc1ccccc1CN(C)CCN(C)C. The molecule has 1 aromatic carbocycles. The van der Waals surface area contributed by atoms with Crippen LogP contribution in [0.25, 0.3) is 0 Å². The second-order valence-corrected chi connectivity index (χ2v) is 5.81. The smallest absolute Gasteiger partial charge is 0.0233 e. The van der Waals surface area contributed by atoms with E-state index < -0.39 is 0 Å². The average molecular weight is 277 g/mol. The number of benzene rings is 1. The van der Waals surface area contributed by atoms with Gasteiger partial charge in [-0.15, -0.1) is 0 Å². The van der Waals surface area contributed by atoms with Crippen LogP contribution < -0.4 is 5.32 Å². The molecular weight excluding hydrogens is 246 g/mol. The Bertz CT molecular complexity index is 363. The van der Waals surface area contributed by atoms with Crippen LogP contribution in [0.3, 0.4) is 0 Å². The highest BCUT2D eigenvalue weighted by Gasteiger charge is 2.05. The molecule has 20 heavy (non-hydrogen) atoms. The van der Waals surface area contributed by atoms with Crippen molar-refractivity contribution in [3.8, 4) is 0 Å². The molecule has 0 aliphatic rings. The van der Waals surface area contributed by atoms with Crippen molar-refractivity contribution < 1.29 is 0 Å². The van der Waals surface area contributed by atoms with E-state index in [1.54, 1.807) is 0 Å². The van der Waals surface area contributed by atoms with Crippen molar-refractivity contribution in [3.05, 3.63) is 35.4 Å². The number of nitrogens with one attached hydrogen (secondary N) is 1. The van der Waals surface area contributed by atoms with Crippen LogP contribution in [0.4, 0.5) is 0 Å². The molecule has 1 N–H and O–H groups in total. The lowest BCUT2D eigenvalue weighted by Crippen LogP contribution is -2.28. The fourth-order valence-corrected chi connectivity index (χ4v) is 2.22. The molecule has 0 saturated heterocycles. The standard InChI is InChI=1S/C17H31N3/c1-5-11-18-12-10-16-8-6-7-9-17(16)15-20(4)14-13-19(2)3/h6-9,18H,5,10-15H2,1-4H3. The van der Waals surface area contributed by atoms with E-state index >= 15 is 0 Å². The first-order valence-corrected chi connectivity index (χ1v) is 7.74. The highest BCUT2D eigenvalue weighted by molar-refractivity contribution is 5.27. The van der Waals surface area contributed by atoms with Gasteiger partial charge in [-0.2, -0.15) is 0 Å². The minimum atomic E-state index is 1.04. The summed E-state index contributed by atoms with van der Waals surface area (Å²) in [6, 6.07) is 8.83. The number of likely N-dealkylation sites (N-methyl/N-ethyl adjacent to an activating group) is 2. The van der Waals surface area contributed by atoms with E-state index in [4.69, 9.17) is 0 Å². The minimum Gasteiger partial charge on any atom is -0.316 e. The van der Waals surface area contributed by atoms with E-state index in [9.17, 15) is 0 Å². The summed E-state index contributed by atoms with van der Waals surface area (Å²) in [5.41, 5.74) is 2.94. The van der Waals surface area contributed by atoms with Crippen LogP contribution in [-0.4, -0.2) is 57.1 Å². The molecule has 0 saturated carbocycles. The first-order valence-electron chi connectivity index (χ1n) is 7.74. The first-order chi connectivity index (χ1) is 9.63. The molecule has 0 aromatic heterocycles. The van der Waals surface area contributed by atoms with Crippen molar-refractivity contribution in [3.63, 3.8) is 0 Å². The summed E-state index contributed by atoms with van der Waals surface area (Å²) in [5, 5.41) is 3.48. The summed E-state index contributed by atoms with van der Waals surface area (Å²) in [4.78, 5) is 4.63. The zero-order chi connectivity index (χ0) is 14.8. The molecule has 0 aliphatic carbocycles. The second-order valence-electron chi connectivity index (χ2n) is 5.81. The van der Waals surface area contributed by atoms with Gasteiger partial charge in [-0.25, -0.2) is 0 Å². The van der Waals surface area contributed by atoms with Crippen LogP contribution in [0.5, 0.6) is 0 Å². The lowest BCUT2D eigenvalue weighted by atomic mass is 10.0.